The van der Waals surface area contributed by atoms with Gasteiger partial charge in [0.25, 0.3) is 0 Å². The molecule has 7 heteroatoms. The van der Waals surface area contributed by atoms with Crippen molar-refractivity contribution in [1.82, 2.24) is 15.6 Å². The number of fused-ring (bicyclic) bond motifs is 1. The molecule has 0 radical (unpaired) electrons. The number of hydrogen-bond donors (Lipinski definition) is 3. The number of anilines is 1. The number of thioether (sulfide) groups is 1. The van der Waals surface area contributed by atoms with Gasteiger partial charge in [0, 0.05) is 31.4 Å². The summed E-state index contributed by atoms with van der Waals surface area (Å²) < 4.78 is 1.22. The molecule has 2 unspecified atom stereocenters. The number of aliphatic imine (C=N–C) groups is 1. The number of benzene rings is 1. The molecule has 1 aromatic heterocycles. The van der Waals surface area contributed by atoms with E-state index in [0.29, 0.717) is 6.04 Å². The predicted octanol–water partition coefficient (Wildman–Crippen LogP) is 3.16. The summed E-state index contributed by atoms with van der Waals surface area (Å²) in [5.74, 6) is 0.896. The number of nitrogens with zero attached hydrogens (tertiary/aromatic N) is 2. The van der Waals surface area contributed by atoms with Crippen molar-refractivity contribution in [3.63, 3.8) is 0 Å². The van der Waals surface area contributed by atoms with Crippen LogP contribution in [0.4, 0.5) is 5.13 Å². The lowest BCUT2D eigenvalue weighted by Gasteiger charge is -2.17. The van der Waals surface area contributed by atoms with E-state index in [4.69, 9.17) is 0 Å². The van der Waals surface area contributed by atoms with Crippen LogP contribution in [-0.4, -0.2) is 48.6 Å². The van der Waals surface area contributed by atoms with E-state index in [1.165, 1.54) is 24.0 Å². The van der Waals surface area contributed by atoms with Gasteiger partial charge in [-0.1, -0.05) is 23.5 Å². The highest BCUT2D eigenvalue weighted by Crippen LogP contribution is 2.28. The van der Waals surface area contributed by atoms with Crippen molar-refractivity contribution in [3.05, 3.63) is 24.3 Å². The van der Waals surface area contributed by atoms with E-state index in [1.807, 2.05) is 37.0 Å². The number of nitrogens with one attached hydrogen (secondary N) is 3. The van der Waals surface area contributed by atoms with E-state index in [2.05, 4.69) is 38.2 Å². The van der Waals surface area contributed by atoms with Crippen LogP contribution >= 0.6 is 23.1 Å². The van der Waals surface area contributed by atoms with Gasteiger partial charge in [0.15, 0.2) is 11.1 Å². The third-order valence-electron chi connectivity index (χ3n) is 4.27. The lowest BCUT2D eigenvalue weighted by molar-refractivity contribution is 0.616. The Morgan fingerprint density at radius 3 is 2.96 bits per heavy atom. The monoisotopic (exact) mass is 363 g/mol. The van der Waals surface area contributed by atoms with Gasteiger partial charge in [-0.15, -0.1) is 0 Å². The summed E-state index contributed by atoms with van der Waals surface area (Å²) in [6.07, 6.45) is 5.96. The Kier molecular flexibility index (Phi) is 6.20. The average Bonchev–Trinajstić information content (AvgIpc) is 3.23. The third-order valence-corrected chi connectivity index (χ3v) is 6.36. The minimum atomic E-state index is 0.547. The summed E-state index contributed by atoms with van der Waals surface area (Å²) in [4.78, 5) is 8.91. The molecule has 0 amide bonds. The molecule has 1 aliphatic rings. The predicted molar refractivity (Wildman–Crippen MR) is 108 cm³/mol. The highest BCUT2D eigenvalue weighted by Gasteiger charge is 2.24. The number of rotatable bonds is 6. The average molecular weight is 364 g/mol. The van der Waals surface area contributed by atoms with E-state index >= 15 is 0 Å². The first-order valence-corrected chi connectivity index (χ1v) is 10.5. The van der Waals surface area contributed by atoms with Gasteiger partial charge < -0.3 is 16.0 Å². The van der Waals surface area contributed by atoms with Crippen LogP contribution in [0.3, 0.4) is 0 Å². The first-order chi connectivity index (χ1) is 11.8. The van der Waals surface area contributed by atoms with Crippen molar-refractivity contribution in [2.75, 3.05) is 31.7 Å². The van der Waals surface area contributed by atoms with Crippen molar-refractivity contribution in [3.8, 4) is 0 Å². The fraction of sp³-hybridized carbons (Fsp3) is 0.529. The SMILES string of the molecule is CN=C(NCCNc1nc2ccccc2s1)NC1CCC(SC)C1. The lowest BCUT2D eigenvalue weighted by atomic mass is 10.2. The fourth-order valence-electron chi connectivity index (χ4n) is 2.97. The van der Waals surface area contributed by atoms with Gasteiger partial charge in [-0.25, -0.2) is 4.98 Å². The minimum absolute atomic E-state index is 0.547. The lowest BCUT2D eigenvalue weighted by Crippen LogP contribution is -2.44. The van der Waals surface area contributed by atoms with Crippen LogP contribution in [0.1, 0.15) is 19.3 Å². The molecule has 3 N–H and O–H groups in total. The molecule has 3 rings (SSSR count). The van der Waals surface area contributed by atoms with Gasteiger partial charge >= 0.3 is 0 Å². The normalized spacial score (nSPS) is 21.2. The van der Waals surface area contributed by atoms with Gasteiger partial charge in [0.05, 0.1) is 10.2 Å². The number of guanidine groups is 1. The highest BCUT2D eigenvalue weighted by atomic mass is 32.2. The molecule has 0 bridgehead atoms. The minimum Gasteiger partial charge on any atom is -0.360 e. The smallest absolute Gasteiger partial charge is 0.191 e. The second-order valence-electron chi connectivity index (χ2n) is 5.92. The van der Waals surface area contributed by atoms with E-state index in [0.717, 1.165) is 34.9 Å². The van der Waals surface area contributed by atoms with E-state index in [9.17, 15) is 0 Å². The van der Waals surface area contributed by atoms with Crippen molar-refractivity contribution < 1.29 is 0 Å². The van der Waals surface area contributed by atoms with Gasteiger partial charge in [0.2, 0.25) is 0 Å². The van der Waals surface area contributed by atoms with E-state index in [1.54, 1.807) is 11.3 Å². The summed E-state index contributed by atoms with van der Waals surface area (Å²) in [6.45, 7) is 1.63. The van der Waals surface area contributed by atoms with Gasteiger partial charge in [-0.05, 0) is 37.7 Å². The Morgan fingerprint density at radius 2 is 2.21 bits per heavy atom. The zero-order valence-corrected chi connectivity index (χ0v) is 15.8. The summed E-state index contributed by atoms with van der Waals surface area (Å²) in [5, 5.41) is 12.1. The van der Waals surface area contributed by atoms with Gasteiger partial charge in [-0.2, -0.15) is 11.8 Å². The Labute approximate surface area is 151 Å². The summed E-state index contributed by atoms with van der Waals surface area (Å²) in [7, 11) is 1.83. The first-order valence-electron chi connectivity index (χ1n) is 8.38. The zero-order chi connectivity index (χ0) is 16.8. The largest absolute Gasteiger partial charge is 0.360 e. The molecule has 1 aliphatic carbocycles. The number of para-hydroxylation sites is 1. The maximum absolute atomic E-state index is 4.58. The van der Waals surface area contributed by atoms with Gasteiger partial charge in [-0.3, -0.25) is 4.99 Å². The second-order valence-corrected chi connectivity index (χ2v) is 8.09. The molecule has 0 aliphatic heterocycles. The van der Waals surface area contributed by atoms with Crippen molar-refractivity contribution >= 4 is 44.4 Å². The molecule has 130 valence electrons. The van der Waals surface area contributed by atoms with Crippen molar-refractivity contribution in [2.45, 2.75) is 30.6 Å². The van der Waals surface area contributed by atoms with Crippen LogP contribution < -0.4 is 16.0 Å². The van der Waals surface area contributed by atoms with Crippen LogP contribution in [-0.2, 0) is 0 Å². The van der Waals surface area contributed by atoms with Crippen LogP contribution in [0.5, 0.6) is 0 Å². The molecular weight excluding hydrogens is 338 g/mol. The maximum Gasteiger partial charge on any atom is 0.191 e. The topological polar surface area (TPSA) is 61.3 Å². The maximum atomic E-state index is 4.58. The Balaban J connectivity index is 1.40. The molecule has 0 spiro atoms. The van der Waals surface area contributed by atoms with E-state index < -0.39 is 0 Å². The standard InChI is InChI=1S/C17H25N5S2/c1-18-16(21-12-7-8-13(11-12)23-2)19-9-10-20-17-22-14-5-3-4-6-15(14)24-17/h3-6,12-13H,7-11H2,1-2H3,(H,20,22)(H2,18,19,21). The number of aromatic nitrogens is 1. The molecule has 1 aromatic carbocycles. The number of hydrogen-bond acceptors (Lipinski definition) is 5. The van der Waals surface area contributed by atoms with E-state index in [-0.39, 0.29) is 0 Å². The van der Waals surface area contributed by atoms with Crippen LogP contribution in [0.2, 0.25) is 0 Å². The Bertz CT molecular complexity index is 651. The molecule has 2 aromatic rings. The van der Waals surface area contributed by atoms with Crippen molar-refractivity contribution in [1.29, 1.82) is 0 Å². The highest BCUT2D eigenvalue weighted by molar-refractivity contribution is 7.99. The molecule has 0 saturated heterocycles. The molecule has 1 saturated carbocycles. The van der Waals surface area contributed by atoms with Crippen LogP contribution in [0.25, 0.3) is 10.2 Å². The quantitative estimate of drug-likeness (QED) is 0.418. The summed E-state index contributed by atoms with van der Waals surface area (Å²) in [5.41, 5.74) is 1.06. The Morgan fingerprint density at radius 1 is 1.33 bits per heavy atom. The summed E-state index contributed by atoms with van der Waals surface area (Å²) >= 11 is 3.67. The second kappa shape index (κ2) is 8.58. The molecule has 5 nitrogen and oxygen atoms in total. The molecule has 2 atom stereocenters. The first kappa shape index (κ1) is 17.4. The van der Waals surface area contributed by atoms with Crippen LogP contribution in [0, 0.1) is 0 Å². The zero-order valence-electron chi connectivity index (χ0n) is 14.2. The molecule has 24 heavy (non-hydrogen) atoms. The van der Waals surface area contributed by atoms with Gasteiger partial charge in [0.1, 0.15) is 0 Å². The molecular formula is C17H25N5S2. The fourth-order valence-corrected chi connectivity index (χ4v) is 4.66. The summed E-state index contributed by atoms with van der Waals surface area (Å²) in [6, 6.07) is 8.77. The third kappa shape index (κ3) is 4.54. The molecule has 1 heterocycles. The number of thiazole rings is 1. The van der Waals surface area contributed by atoms with Crippen molar-refractivity contribution in [2.24, 2.45) is 4.99 Å². The molecule has 1 fully saturated rings. The van der Waals surface area contributed by atoms with Crippen LogP contribution in [0.15, 0.2) is 29.3 Å². The Hall–Kier alpha value is -1.47.